The first-order valence-electron chi connectivity index (χ1n) is 10.9. The average Bonchev–Trinajstić information content (AvgIpc) is 3.37. The summed E-state index contributed by atoms with van der Waals surface area (Å²) in [6.07, 6.45) is 5.14. The Labute approximate surface area is 203 Å². The van der Waals surface area contributed by atoms with Crippen molar-refractivity contribution in [3.05, 3.63) is 53.9 Å². The first kappa shape index (κ1) is 25.6. The smallest absolute Gasteiger partial charge is 0.193 e. The van der Waals surface area contributed by atoms with Crippen molar-refractivity contribution in [2.24, 2.45) is 18.0 Å². The van der Waals surface area contributed by atoms with Gasteiger partial charge in [0.2, 0.25) is 0 Å². The van der Waals surface area contributed by atoms with Crippen molar-refractivity contribution in [3.63, 3.8) is 0 Å². The first-order chi connectivity index (χ1) is 14.6. The molecular formula is C23H37IN6O. The number of benzene rings is 1. The third-order valence-corrected chi connectivity index (χ3v) is 5.53. The molecule has 2 unspecified atom stereocenters. The van der Waals surface area contributed by atoms with E-state index in [9.17, 15) is 0 Å². The Morgan fingerprint density at radius 2 is 2.10 bits per heavy atom. The summed E-state index contributed by atoms with van der Waals surface area (Å²) in [6, 6.07) is 10.6. The Balaban J connectivity index is 0.00000341. The van der Waals surface area contributed by atoms with Gasteiger partial charge in [-0.2, -0.15) is 5.10 Å². The maximum Gasteiger partial charge on any atom is 0.193 e. The third kappa shape index (κ3) is 7.76. The molecule has 0 spiro atoms. The van der Waals surface area contributed by atoms with Crippen LogP contribution < -0.4 is 5.32 Å². The molecule has 0 saturated carbocycles. The van der Waals surface area contributed by atoms with Gasteiger partial charge in [-0.25, -0.2) is 0 Å². The Morgan fingerprint density at radius 1 is 1.32 bits per heavy atom. The Morgan fingerprint density at radius 3 is 2.74 bits per heavy atom. The lowest BCUT2D eigenvalue weighted by Gasteiger charge is -2.25. The third-order valence-electron chi connectivity index (χ3n) is 5.53. The highest BCUT2D eigenvalue weighted by Gasteiger charge is 2.25. The van der Waals surface area contributed by atoms with Crippen LogP contribution in [-0.4, -0.2) is 72.4 Å². The lowest BCUT2D eigenvalue weighted by atomic mass is 10.1. The molecule has 1 saturated heterocycles. The van der Waals surface area contributed by atoms with E-state index >= 15 is 0 Å². The zero-order chi connectivity index (χ0) is 21.3. The van der Waals surface area contributed by atoms with Gasteiger partial charge in [-0.1, -0.05) is 30.3 Å². The van der Waals surface area contributed by atoms with Crippen LogP contribution in [0.2, 0.25) is 0 Å². The topological polar surface area (TPSA) is 57.9 Å². The van der Waals surface area contributed by atoms with Gasteiger partial charge in [0, 0.05) is 44.4 Å². The van der Waals surface area contributed by atoms with Crippen LogP contribution in [0.1, 0.15) is 30.5 Å². The van der Waals surface area contributed by atoms with Crippen molar-refractivity contribution in [1.29, 1.82) is 0 Å². The SMILES string of the molecule is CCNC(=NCC(c1cnn(C)c1)N(C)C)N1CCC(COCc2ccccc2)C1.I. The maximum atomic E-state index is 5.98. The van der Waals surface area contributed by atoms with Crippen molar-refractivity contribution in [1.82, 2.24) is 24.9 Å². The molecular weight excluding hydrogens is 503 g/mol. The minimum absolute atomic E-state index is 0. The molecule has 1 aliphatic heterocycles. The number of hydrogen-bond donors (Lipinski definition) is 1. The van der Waals surface area contributed by atoms with E-state index in [4.69, 9.17) is 9.73 Å². The van der Waals surface area contributed by atoms with Crippen LogP contribution in [-0.2, 0) is 18.4 Å². The molecule has 0 radical (unpaired) electrons. The van der Waals surface area contributed by atoms with Crippen molar-refractivity contribution >= 4 is 29.9 Å². The quantitative estimate of drug-likeness (QED) is 0.301. The Hall–Kier alpha value is -1.65. The van der Waals surface area contributed by atoms with E-state index in [1.54, 1.807) is 0 Å². The number of ether oxygens (including phenoxy) is 1. The molecule has 31 heavy (non-hydrogen) atoms. The molecule has 2 atom stereocenters. The van der Waals surface area contributed by atoms with Gasteiger partial charge in [0.15, 0.2) is 5.96 Å². The second-order valence-electron chi connectivity index (χ2n) is 8.22. The zero-order valence-electron chi connectivity index (χ0n) is 19.2. The summed E-state index contributed by atoms with van der Waals surface area (Å²) in [5.41, 5.74) is 2.42. The fourth-order valence-corrected chi connectivity index (χ4v) is 3.86. The summed E-state index contributed by atoms with van der Waals surface area (Å²) in [5, 5.41) is 7.80. The summed E-state index contributed by atoms with van der Waals surface area (Å²) in [6.45, 7) is 7.17. The highest BCUT2D eigenvalue weighted by atomic mass is 127. The maximum absolute atomic E-state index is 5.98. The number of hydrogen-bond acceptors (Lipinski definition) is 4. The number of rotatable bonds is 9. The van der Waals surface area contributed by atoms with Gasteiger partial charge < -0.3 is 19.9 Å². The van der Waals surface area contributed by atoms with Crippen molar-refractivity contribution < 1.29 is 4.74 Å². The van der Waals surface area contributed by atoms with Gasteiger partial charge in [-0.05, 0) is 33.0 Å². The van der Waals surface area contributed by atoms with Gasteiger partial charge >= 0.3 is 0 Å². The second-order valence-corrected chi connectivity index (χ2v) is 8.22. The molecule has 0 amide bonds. The largest absolute Gasteiger partial charge is 0.376 e. The van der Waals surface area contributed by atoms with Crippen LogP contribution in [0.3, 0.4) is 0 Å². The molecule has 172 valence electrons. The molecule has 0 bridgehead atoms. The summed E-state index contributed by atoms with van der Waals surface area (Å²) in [5.74, 6) is 1.54. The monoisotopic (exact) mass is 540 g/mol. The van der Waals surface area contributed by atoms with Crippen molar-refractivity contribution in [2.75, 3.05) is 46.9 Å². The summed E-state index contributed by atoms with van der Waals surface area (Å²) in [7, 11) is 6.14. The minimum atomic E-state index is 0. The summed E-state index contributed by atoms with van der Waals surface area (Å²) in [4.78, 5) is 9.55. The normalized spacial score (nSPS) is 17.6. The number of aryl methyl sites for hydroxylation is 1. The molecule has 2 aromatic rings. The zero-order valence-corrected chi connectivity index (χ0v) is 21.5. The van der Waals surface area contributed by atoms with E-state index in [1.165, 1.54) is 11.1 Å². The van der Waals surface area contributed by atoms with Crippen LogP contribution in [0.25, 0.3) is 0 Å². The molecule has 1 aromatic heterocycles. The van der Waals surface area contributed by atoms with Crippen LogP contribution in [0, 0.1) is 5.92 Å². The number of nitrogens with zero attached hydrogens (tertiary/aromatic N) is 5. The molecule has 7 nitrogen and oxygen atoms in total. The number of halogens is 1. The number of nitrogens with one attached hydrogen (secondary N) is 1. The van der Waals surface area contributed by atoms with Gasteiger partial charge in [-0.15, -0.1) is 24.0 Å². The molecule has 1 aromatic carbocycles. The van der Waals surface area contributed by atoms with E-state index < -0.39 is 0 Å². The molecule has 1 aliphatic rings. The van der Waals surface area contributed by atoms with E-state index in [2.05, 4.69) is 71.7 Å². The molecule has 1 N–H and O–H groups in total. The second kappa shape index (κ2) is 13.0. The Kier molecular flexibility index (Phi) is 10.8. The van der Waals surface area contributed by atoms with Gasteiger partial charge in [-0.3, -0.25) is 9.67 Å². The van der Waals surface area contributed by atoms with Gasteiger partial charge in [0.25, 0.3) is 0 Å². The predicted molar refractivity (Wildman–Crippen MR) is 137 cm³/mol. The molecule has 2 heterocycles. The molecule has 0 aliphatic carbocycles. The van der Waals surface area contributed by atoms with Gasteiger partial charge in [0.05, 0.1) is 32.0 Å². The molecule has 1 fully saturated rings. The number of aromatic nitrogens is 2. The van der Waals surface area contributed by atoms with E-state index in [0.29, 0.717) is 19.1 Å². The minimum Gasteiger partial charge on any atom is -0.376 e. The van der Waals surface area contributed by atoms with Crippen LogP contribution in [0.15, 0.2) is 47.7 Å². The lowest BCUT2D eigenvalue weighted by Crippen LogP contribution is -2.41. The van der Waals surface area contributed by atoms with E-state index in [1.807, 2.05) is 24.0 Å². The van der Waals surface area contributed by atoms with Gasteiger partial charge in [0.1, 0.15) is 0 Å². The van der Waals surface area contributed by atoms with Crippen molar-refractivity contribution in [3.8, 4) is 0 Å². The standard InChI is InChI=1S/C23H36N6O.HI/c1-5-24-23(25-14-22(27(2)3)21-13-26-28(4)16-21)29-12-11-20(15-29)18-30-17-19-9-7-6-8-10-19;/h6-10,13,16,20,22H,5,11-12,14-15,17-18H2,1-4H3,(H,24,25);1H. The Bertz CT molecular complexity index is 794. The average molecular weight is 540 g/mol. The van der Waals surface area contributed by atoms with Crippen molar-refractivity contribution in [2.45, 2.75) is 26.0 Å². The fourth-order valence-electron chi connectivity index (χ4n) is 3.86. The summed E-state index contributed by atoms with van der Waals surface area (Å²) >= 11 is 0. The molecule has 3 rings (SSSR count). The number of guanidine groups is 1. The first-order valence-corrected chi connectivity index (χ1v) is 10.9. The predicted octanol–water partition coefficient (Wildman–Crippen LogP) is 3.15. The summed E-state index contributed by atoms with van der Waals surface area (Å²) < 4.78 is 7.83. The van der Waals surface area contributed by atoms with E-state index in [0.717, 1.165) is 38.6 Å². The van der Waals surface area contributed by atoms with E-state index in [-0.39, 0.29) is 30.0 Å². The molecule has 8 heteroatoms. The lowest BCUT2D eigenvalue weighted by molar-refractivity contribution is 0.0906. The highest BCUT2D eigenvalue weighted by molar-refractivity contribution is 14.0. The highest BCUT2D eigenvalue weighted by Crippen LogP contribution is 2.20. The van der Waals surface area contributed by atoms with Crippen LogP contribution in [0.5, 0.6) is 0 Å². The number of aliphatic imine (C=N–C) groups is 1. The fraction of sp³-hybridized carbons (Fsp3) is 0.565. The van der Waals surface area contributed by atoms with Crippen LogP contribution in [0.4, 0.5) is 0 Å². The van der Waals surface area contributed by atoms with Crippen LogP contribution >= 0.6 is 24.0 Å². The number of likely N-dealkylation sites (tertiary alicyclic amines) is 1. The number of likely N-dealkylation sites (N-methyl/N-ethyl adjacent to an activating group) is 1.